The van der Waals surface area contributed by atoms with Crippen molar-refractivity contribution >= 4 is 5.91 Å². The molecular formula is C8H14N2O. The molecule has 1 aliphatic carbocycles. The highest BCUT2D eigenvalue weighted by Gasteiger charge is 2.36. The topological polar surface area (TPSA) is 46.3 Å². The van der Waals surface area contributed by atoms with E-state index in [-0.39, 0.29) is 5.92 Å². The van der Waals surface area contributed by atoms with Gasteiger partial charge in [-0.05, 0) is 19.3 Å². The van der Waals surface area contributed by atoms with Crippen molar-refractivity contribution in [3.05, 3.63) is 0 Å². The van der Waals surface area contributed by atoms with Gasteiger partial charge < -0.3 is 10.6 Å². The molecule has 1 amide bonds. The lowest BCUT2D eigenvalue weighted by Gasteiger charge is -2.39. The number of hydrogen-bond donors (Lipinski definition) is 1. The summed E-state index contributed by atoms with van der Waals surface area (Å²) in [4.78, 5) is 13.4. The summed E-state index contributed by atoms with van der Waals surface area (Å²) >= 11 is 0. The van der Waals surface area contributed by atoms with Crippen molar-refractivity contribution in [2.75, 3.05) is 13.1 Å². The molecule has 0 unspecified atom stereocenters. The highest BCUT2D eigenvalue weighted by atomic mass is 16.2. The number of likely N-dealkylation sites (tertiary alicyclic amines) is 1. The fourth-order valence-electron chi connectivity index (χ4n) is 1.66. The van der Waals surface area contributed by atoms with Crippen LogP contribution >= 0.6 is 0 Å². The van der Waals surface area contributed by atoms with E-state index in [9.17, 15) is 4.79 Å². The number of carbonyl (C=O) groups is 1. The molecule has 2 aliphatic rings. The van der Waals surface area contributed by atoms with Crippen LogP contribution in [-0.2, 0) is 4.79 Å². The first kappa shape index (κ1) is 7.10. The van der Waals surface area contributed by atoms with E-state index in [1.165, 1.54) is 6.42 Å². The number of amides is 1. The predicted molar refractivity (Wildman–Crippen MR) is 41.9 cm³/mol. The minimum Gasteiger partial charge on any atom is -0.342 e. The van der Waals surface area contributed by atoms with Gasteiger partial charge in [0.15, 0.2) is 0 Å². The van der Waals surface area contributed by atoms with Crippen molar-refractivity contribution in [1.82, 2.24) is 4.90 Å². The Kier molecular flexibility index (Phi) is 1.60. The number of nitrogens with zero attached hydrogens (tertiary/aromatic N) is 1. The lowest BCUT2D eigenvalue weighted by atomic mass is 9.79. The number of carbonyl (C=O) groups excluding carboxylic acids is 1. The van der Waals surface area contributed by atoms with E-state index in [4.69, 9.17) is 5.73 Å². The summed E-state index contributed by atoms with van der Waals surface area (Å²) in [6.45, 7) is 1.95. The third-order valence-corrected chi connectivity index (χ3v) is 2.69. The molecular weight excluding hydrogens is 140 g/mol. The second kappa shape index (κ2) is 2.48. The van der Waals surface area contributed by atoms with E-state index in [1.54, 1.807) is 0 Å². The highest BCUT2D eigenvalue weighted by Crippen LogP contribution is 2.28. The second-order valence-corrected chi connectivity index (χ2v) is 3.61. The number of rotatable bonds is 1. The van der Waals surface area contributed by atoms with Crippen molar-refractivity contribution in [3.63, 3.8) is 0 Å². The molecule has 62 valence electrons. The zero-order chi connectivity index (χ0) is 7.84. The van der Waals surface area contributed by atoms with Gasteiger partial charge in [0.2, 0.25) is 5.91 Å². The van der Waals surface area contributed by atoms with E-state index in [1.807, 2.05) is 4.90 Å². The van der Waals surface area contributed by atoms with E-state index < -0.39 is 0 Å². The molecule has 0 atom stereocenters. The lowest BCUT2D eigenvalue weighted by molar-refractivity contribution is -0.142. The molecule has 1 heterocycles. The Morgan fingerprint density at radius 2 is 2.00 bits per heavy atom. The maximum atomic E-state index is 11.4. The fraction of sp³-hybridized carbons (Fsp3) is 0.875. The standard InChI is InChI=1S/C8H14N2O/c9-7-4-6(5-7)8(11)10-2-1-3-10/h6-7H,1-5,9H2/t6-,7-. The Labute approximate surface area is 66.5 Å². The molecule has 1 saturated carbocycles. The van der Waals surface area contributed by atoms with E-state index in [0.29, 0.717) is 11.9 Å². The number of nitrogens with two attached hydrogens (primary N) is 1. The predicted octanol–water partition coefficient (Wildman–Crippen LogP) is -0.0440. The summed E-state index contributed by atoms with van der Waals surface area (Å²) in [5, 5.41) is 0. The summed E-state index contributed by atoms with van der Waals surface area (Å²) < 4.78 is 0. The quantitative estimate of drug-likeness (QED) is 0.576. The van der Waals surface area contributed by atoms with Gasteiger partial charge in [-0.25, -0.2) is 0 Å². The van der Waals surface area contributed by atoms with Crippen LogP contribution < -0.4 is 5.73 Å². The van der Waals surface area contributed by atoms with Crippen molar-refractivity contribution in [3.8, 4) is 0 Å². The van der Waals surface area contributed by atoms with Gasteiger partial charge in [0.25, 0.3) is 0 Å². The molecule has 1 saturated heterocycles. The van der Waals surface area contributed by atoms with Crippen LogP contribution in [0, 0.1) is 5.92 Å². The second-order valence-electron chi connectivity index (χ2n) is 3.61. The minimum absolute atomic E-state index is 0.269. The van der Waals surface area contributed by atoms with Gasteiger partial charge in [-0.15, -0.1) is 0 Å². The summed E-state index contributed by atoms with van der Waals surface area (Å²) in [6, 6.07) is 0.297. The molecule has 0 aromatic carbocycles. The Balaban J connectivity index is 1.81. The molecule has 2 rings (SSSR count). The SMILES string of the molecule is N[C@H]1C[C@H](C(=O)N2CCC2)C1. The van der Waals surface area contributed by atoms with Crippen LogP contribution in [0.5, 0.6) is 0 Å². The maximum absolute atomic E-state index is 11.4. The largest absolute Gasteiger partial charge is 0.342 e. The lowest BCUT2D eigenvalue weighted by Crippen LogP contribution is -2.51. The van der Waals surface area contributed by atoms with Crippen LogP contribution in [0.25, 0.3) is 0 Å². The smallest absolute Gasteiger partial charge is 0.225 e. The first-order chi connectivity index (χ1) is 5.27. The van der Waals surface area contributed by atoms with Crippen LogP contribution in [-0.4, -0.2) is 29.9 Å². The van der Waals surface area contributed by atoms with Gasteiger partial charge in [-0.2, -0.15) is 0 Å². The zero-order valence-corrected chi connectivity index (χ0v) is 6.62. The van der Waals surface area contributed by atoms with Crippen molar-refractivity contribution in [2.24, 2.45) is 11.7 Å². The summed E-state index contributed by atoms with van der Waals surface area (Å²) in [7, 11) is 0. The Bertz CT molecular complexity index is 171. The molecule has 3 heteroatoms. The molecule has 0 bridgehead atoms. The molecule has 0 aromatic heterocycles. The summed E-state index contributed by atoms with van der Waals surface area (Å²) in [5.74, 6) is 0.614. The van der Waals surface area contributed by atoms with E-state index >= 15 is 0 Å². The molecule has 0 radical (unpaired) electrons. The van der Waals surface area contributed by atoms with Gasteiger partial charge in [0.05, 0.1) is 0 Å². The Morgan fingerprint density at radius 1 is 1.36 bits per heavy atom. The van der Waals surface area contributed by atoms with Crippen LogP contribution in [0.2, 0.25) is 0 Å². The van der Waals surface area contributed by atoms with E-state index in [2.05, 4.69) is 0 Å². The first-order valence-corrected chi connectivity index (χ1v) is 4.32. The van der Waals surface area contributed by atoms with Crippen molar-refractivity contribution < 1.29 is 4.79 Å². The van der Waals surface area contributed by atoms with E-state index in [0.717, 1.165) is 25.9 Å². The van der Waals surface area contributed by atoms with Crippen molar-refractivity contribution in [1.29, 1.82) is 0 Å². The summed E-state index contributed by atoms with van der Waals surface area (Å²) in [5.41, 5.74) is 5.60. The molecule has 0 aromatic rings. The third-order valence-electron chi connectivity index (χ3n) is 2.69. The Hall–Kier alpha value is -0.570. The fourth-order valence-corrected chi connectivity index (χ4v) is 1.66. The molecule has 3 nitrogen and oxygen atoms in total. The normalized spacial score (nSPS) is 35.9. The van der Waals surface area contributed by atoms with Gasteiger partial charge in [-0.3, -0.25) is 4.79 Å². The van der Waals surface area contributed by atoms with Crippen LogP contribution in [0.4, 0.5) is 0 Å². The van der Waals surface area contributed by atoms with Crippen molar-refractivity contribution in [2.45, 2.75) is 25.3 Å². The van der Waals surface area contributed by atoms with Crippen LogP contribution in [0.1, 0.15) is 19.3 Å². The average Bonchev–Trinajstić information content (AvgIpc) is 1.76. The molecule has 11 heavy (non-hydrogen) atoms. The maximum Gasteiger partial charge on any atom is 0.225 e. The molecule has 2 N–H and O–H groups in total. The highest BCUT2D eigenvalue weighted by molar-refractivity contribution is 5.80. The first-order valence-electron chi connectivity index (χ1n) is 4.32. The average molecular weight is 154 g/mol. The zero-order valence-electron chi connectivity index (χ0n) is 6.62. The monoisotopic (exact) mass is 154 g/mol. The molecule has 0 spiro atoms. The van der Waals surface area contributed by atoms with Gasteiger partial charge >= 0.3 is 0 Å². The molecule has 2 fully saturated rings. The van der Waals surface area contributed by atoms with Crippen LogP contribution in [0.15, 0.2) is 0 Å². The third kappa shape index (κ3) is 1.13. The van der Waals surface area contributed by atoms with Crippen LogP contribution in [0.3, 0.4) is 0 Å². The minimum atomic E-state index is 0.269. The molecule has 1 aliphatic heterocycles. The number of hydrogen-bond acceptors (Lipinski definition) is 2. The van der Waals surface area contributed by atoms with Gasteiger partial charge in [-0.1, -0.05) is 0 Å². The Morgan fingerprint density at radius 3 is 2.36 bits per heavy atom. The van der Waals surface area contributed by atoms with Gasteiger partial charge in [0, 0.05) is 25.0 Å². The summed E-state index contributed by atoms with van der Waals surface area (Å²) in [6.07, 6.45) is 3.01. The van der Waals surface area contributed by atoms with Gasteiger partial charge in [0.1, 0.15) is 0 Å².